The highest BCUT2D eigenvalue weighted by Crippen LogP contribution is 2.41. The number of nitriles is 1. The largest absolute Gasteiger partial charge is 0.309 e. The van der Waals surface area contributed by atoms with E-state index in [0.29, 0.717) is 5.56 Å². The lowest BCUT2D eigenvalue weighted by atomic mass is 9.97. The summed E-state index contributed by atoms with van der Waals surface area (Å²) < 4.78 is 8.36. The van der Waals surface area contributed by atoms with E-state index in [9.17, 15) is 5.26 Å². The van der Waals surface area contributed by atoms with Crippen LogP contribution in [0.4, 0.5) is 0 Å². The molecule has 3 aromatic heterocycles. The van der Waals surface area contributed by atoms with Crippen LogP contribution in [0.2, 0.25) is 0 Å². The highest BCUT2D eigenvalue weighted by molar-refractivity contribution is 9.10. The Morgan fingerprint density at radius 1 is 0.407 bits per heavy atom. The van der Waals surface area contributed by atoms with E-state index in [0.717, 1.165) is 37.9 Å². The number of hydrogen-bond donors (Lipinski definition) is 0. The lowest BCUT2D eigenvalue weighted by Crippen LogP contribution is -1.93. The van der Waals surface area contributed by atoms with Gasteiger partial charge in [0.05, 0.1) is 33.7 Å². The highest BCUT2D eigenvalue weighted by atomic mass is 79.9. The molecule has 11 aromatic rings. The quantitative estimate of drug-likeness (QED) is 0.175. The Balaban J connectivity index is 1.04. The van der Waals surface area contributed by atoms with Gasteiger partial charge in [-0.25, -0.2) is 0 Å². The smallest absolute Gasteiger partial charge is 0.0991 e. The second-order valence-corrected chi connectivity index (χ2v) is 15.8. The maximum atomic E-state index is 9.37. The van der Waals surface area contributed by atoms with Crippen LogP contribution in [-0.4, -0.2) is 9.13 Å². The molecule has 0 aliphatic heterocycles. The maximum Gasteiger partial charge on any atom is 0.0991 e. The van der Waals surface area contributed by atoms with Crippen molar-refractivity contribution in [3.8, 4) is 39.7 Å². The molecule has 0 aliphatic rings. The molecule has 11 rings (SSSR count). The third kappa shape index (κ3) is 4.78. The van der Waals surface area contributed by atoms with Crippen molar-refractivity contribution in [2.45, 2.75) is 0 Å². The zero-order valence-corrected chi connectivity index (χ0v) is 31.2. The minimum atomic E-state index is 0.655. The van der Waals surface area contributed by atoms with E-state index in [1.165, 1.54) is 64.0 Å². The summed E-state index contributed by atoms with van der Waals surface area (Å²) in [6.07, 6.45) is 0. The van der Waals surface area contributed by atoms with Gasteiger partial charge in [-0.05, 0) is 125 Å². The second-order valence-electron chi connectivity index (χ2n) is 13.8. The molecular formula is C49H28BrN3S. The summed E-state index contributed by atoms with van der Waals surface area (Å²) in [5.74, 6) is 0. The van der Waals surface area contributed by atoms with Gasteiger partial charge in [-0.1, -0.05) is 82.7 Å². The van der Waals surface area contributed by atoms with Crippen molar-refractivity contribution in [2.24, 2.45) is 0 Å². The molecular weight excluding hydrogens is 743 g/mol. The van der Waals surface area contributed by atoms with Crippen molar-refractivity contribution in [1.82, 2.24) is 9.13 Å². The normalized spacial score (nSPS) is 11.8. The molecule has 0 aliphatic carbocycles. The molecule has 0 bridgehead atoms. The van der Waals surface area contributed by atoms with Crippen molar-refractivity contribution >= 4 is 91.1 Å². The summed E-state index contributed by atoms with van der Waals surface area (Å²) in [6.45, 7) is 0. The number of aromatic nitrogens is 2. The first kappa shape index (κ1) is 31.1. The first-order valence-corrected chi connectivity index (χ1v) is 19.5. The fourth-order valence-corrected chi connectivity index (χ4v) is 9.90. The van der Waals surface area contributed by atoms with Crippen LogP contribution in [0.5, 0.6) is 0 Å². The van der Waals surface area contributed by atoms with E-state index in [-0.39, 0.29) is 0 Å². The van der Waals surface area contributed by atoms with E-state index in [4.69, 9.17) is 0 Å². The van der Waals surface area contributed by atoms with Crippen LogP contribution in [-0.2, 0) is 0 Å². The molecule has 0 amide bonds. The number of benzene rings is 8. The standard InChI is InChI=1S/C49H28BrN3S/c50-35-24-33(31-15-20-46-41(26-31)38-7-1-4-10-44(38)52(46)36-17-13-30(29-51)14-18-36)23-34(25-35)32-16-21-47-42(27-32)39-8-2-5-11-45(39)53(47)37-19-22-49-43(28-37)40-9-3-6-12-48(40)54-49/h1-28H. The van der Waals surface area contributed by atoms with Gasteiger partial charge in [0.25, 0.3) is 0 Å². The molecule has 0 unspecified atom stereocenters. The van der Waals surface area contributed by atoms with Crippen LogP contribution < -0.4 is 0 Å². The van der Waals surface area contributed by atoms with Crippen molar-refractivity contribution < 1.29 is 0 Å². The summed E-state index contributed by atoms with van der Waals surface area (Å²) in [5.41, 5.74) is 12.2. The topological polar surface area (TPSA) is 33.6 Å². The van der Waals surface area contributed by atoms with Gasteiger partial charge in [0, 0.05) is 57.6 Å². The van der Waals surface area contributed by atoms with Crippen molar-refractivity contribution in [2.75, 3.05) is 0 Å². The molecule has 0 fully saturated rings. The second kappa shape index (κ2) is 12.0. The Hall–Kier alpha value is -6.45. The van der Waals surface area contributed by atoms with Gasteiger partial charge in [0.2, 0.25) is 0 Å². The van der Waals surface area contributed by atoms with E-state index >= 15 is 0 Å². The van der Waals surface area contributed by atoms with Gasteiger partial charge in [0.15, 0.2) is 0 Å². The molecule has 5 heteroatoms. The summed E-state index contributed by atoms with van der Waals surface area (Å²) in [4.78, 5) is 0. The molecule has 0 spiro atoms. The third-order valence-electron chi connectivity index (χ3n) is 10.8. The number of nitrogens with zero attached hydrogens (tertiary/aromatic N) is 3. The molecule has 54 heavy (non-hydrogen) atoms. The fraction of sp³-hybridized carbons (Fsp3) is 0. The van der Waals surface area contributed by atoms with Crippen LogP contribution in [0.1, 0.15) is 5.56 Å². The first-order chi connectivity index (χ1) is 26.6. The van der Waals surface area contributed by atoms with Crippen LogP contribution >= 0.6 is 27.3 Å². The first-order valence-electron chi connectivity index (χ1n) is 17.9. The maximum absolute atomic E-state index is 9.37. The van der Waals surface area contributed by atoms with Crippen LogP contribution in [0.15, 0.2) is 174 Å². The third-order valence-corrected chi connectivity index (χ3v) is 12.4. The molecule has 8 aromatic carbocycles. The Morgan fingerprint density at radius 2 is 0.926 bits per heavy atom. The van der Waals surface area contributed by atoms with Crippen LogP contribution in [0.3, 0.4) is 0 Å². The SMILES string of the molecule is N#Cc1ccc(-n2c3ccccc3c3cc(-c4cc(Br)cc(-c5ccc6c(c5)c5ccccc5n6-c5ccc6sc7ccccc7c6c5)c4)ccc32)cc1. The van der Waals surface area contributed by atoms with E-state index in [1.54, 1.807) is 0 Å². The fourth-order valence-electron chi connectivity index (χ4n) is 8.32. The van der Waals surface area contributed by atoms with Crippen LogP contribution in [0, 0.1) is 11.3 Å². The minimum Gasteiger partial charge on any atom is -0.309 e. The molecule has 3 heterocycles. The van der Waals surface area contributed by atoms with Crippen LogP contribution in [0.25, 0.3) is 97.4 Å². The predicted octanol–water partition coefficient (Wildman–Crippen LogP) is 14.2. The average molecular weight is 771 g/mol. The lowest BCUT2D eigenvalue weighted by Gasteiger charge is -2.11. The van der Waals surface area contributed by atoms with E-state index in [2.05, 4.69) is 177 Å². The summed E-state index contributed by atoms with van der Waals surface area (Å²) in [6, 6.07) is 63.3. The molecule has 0 saturated carbocycles. The lowest BCUT2D eigenvalue weighted by molar-refractivity contribution is 1.18. The average Bonchev–Trinajstić information content (AvgIpc) is 3.87. The van der Waals surface area contributed by atoms with Crippen molar-refractivity contribution in [3.63, 3.8) is 0 Å². The number of hydrogen-bond acceptors (Lipinski definition) is 2. The number of para-hydroxylation sites is 2. The molecule has 0 radical (unpaired) electrons. The Labute approximate surface area is 323 Å². The minimum absolute atomic E-state index is 0.655. The van der Waals surface area contributed by atoms with Gasteiger partial charge in [0.1, 0.15) is 0 Å². The molecule has 0 saturated heterocycles. The van der Waals surface area contributed by atoms with Gasteiger partial charge in [-0.2, -0.15) is 5.26 Å². The molecule has 0 N–H and O–H groups in total. The zero-order valence-electron chi connectivity index (χ0n) is 28.8. The number of thiophene rings is 1. The van der Waals surface area contributed by atoms with Gasteiger partial charge in [-0.3, -0.25) is 0 Å². The van der Waals surface area contributed by atoms with Gasteiger partial charge < -0.3 is 9.13 Å². The van der Waals surface area contributed by atoms with Crippen molar-refractivity contribution in [3.05, 3.63) is 180 Å². The summed E-state index contributed by atoms with van der Waals surface area (Å²) in [7, 11) is 0. The molecule has 0 atom stereocenters. The Bertz CT molecular complexity index is 3360. The number of halogens is 1. The summed E-state index contributed by atoms with van der Waals surface area (Å²) in [5, 5.41) is 16.8. The number of fused-ring (bicyclic) bond motifs is 9. The van der Waals surface area contributed by atoms with E-state index < -0.39 is 0 Å². The summed E-state index contributed by atoms with van der Waals surface area (Å²) >= 11 is 5.72. The monoisotopic (exact) mass is 769 g/mol. The predicted molar refractivity (Wildman–Crippen MR) is 231 cm³/mol. The molecule has 252 valence electrons. The Kier molecular flexibility index (Phi) is 6.94. The zero-order chi connectivity index (χ0) is 35.9. The van der Waals surface area contributed by atoms with Gasteiger partial charge in [-0.15, -0.1) is 11.3 Å². The number of rotatable bonds is 4. The Morgan fingerprint density at radius 3 is 1.56 bits per heavy atom. The molecule has 3 nitrogen and oxygen atoms in total. The van der Waals surface area contributed by atoms with E-state index in [1.807, 2.05) is 35.6 Å². The van der Waals surface area contributed by atoms with Gasteiger partial charge >= 0.3 is 0 Å². The highest BCUT2D eigenvalue weighted by Gasteiger charge is 2.17. The van der Waals surface area contributed by atoms with Crippen molar-refractivity contribution in [1.29, 1.82) is 5.26 Å².